The fourth-order valence-corrected chi connectivity index (χ4v) is 2.87. The number of nitrogens with zero attached hydrogens (tertiary/aromatic N) is 1. The van der Waals surface area contributed by atoms with Crippen LogP contribution < -0.4 is 10.3 Å². The lowest BCUT2D eigenvalue weighted by Crippen LogP contribution is -2.32. The van der Waals surface area contributed by atoms with Gasteiger partial charge in [0.25, 0.3) is 5.56 Å². The number of hydrogen-bond acceptors (Lipinski definition) is 4. The van der Waals surface area contributed by atoms with Crippen LogP contribution in [0, 0.1) is 5.41 Å². The highest BCUT2D eigenvalue weighted by Crippen LogP contribution is 2.34. The Labute approximate surface area is 150 Å². The number of halogens is 2. The normalized spacial score (nSPS) is 11.6. The first kappa shape index (κ1) is 18.6. The number of rotatable bonds is 3. The van der Waals surface area contributed by atoms with Gasteiger partial charge in [0.15, 0.2) is 11.4 Å². The number of carbonyl (C=O) groups is 1. The molecule has 0 saturated carbocycles. The van der Waals surface area contributed by atoms with Crippen LogP contribution in [0.15, 0.2) is 16.9 Å². The molecule has 0 N–H and O–H groups in total. The molecule has 0 spiro atoms. The lowest BCUT2D eigenvalue weighted by molar-refractivity contribution is 0.0580. The summed E-state index contributed by atoms with van der Waals surface area (Å²) in [5.74, 6) is -0.416. The summed E-state index contributed by atoms with van der Waals surface area (Å²) in [5.41, 5.74) is -0.535. The van der Waals surface area contributed by atoms with Crippen LogP contribution in [0.2, 0.25) is 10.0 Å². The van der Waals surface area contributed by atoms with Crippen LogP contribution in [0.4, 0.5) is 0 Å². The average molecular weight is 372 g/mol. The Bertz CT molecular complexity index is 866. The summed E-state index contributed by atoms with van der Waals surface area (Å²) >= 11 is 12.1. The van der Waals surface area contributed by atoms with E-state index in [4.69, 9.17) is 32.7 Å². The van der Waals surface area contributed by atoms with Gasteiger partial charge in [0.2, 0.25) is 0 Å². The Morgan fingerprint density at radius 1 is 1.12 bits per heavy atom. The molecular formula is C17H19Cl2NO4. The maximum absolute atomic E-state index is 13.0. The number of carbonyl (C=O) groups excluding carboxylic acids is 1. The Morgan fingerprint density at radius 3 is 2.12 bits per heavy atom. The second-order valence-corrected chi connectivity index (χ2v) is 7.45. The molecule has 1 aromatic heterocycles. The van der Waals surface area contributed by atoms with Crippen LogP contribution in [0.25, 0.3) is 10.8 Å². The van der Waals surface area contributed by atoms with Gasteiger partial charge in [-0.2, -0.15) is 0 Å². The predicted octanol–water partition coefficient (Wildman–Crippen LogP) is 4.15. The van der Waals surface area contributed by atoms with E-state index >= 15 is 0 Å². The number of benzene rings is 1. The zero-order valence-electron chi connectivity index (χ0n) is 14.2. The van der Waals surface area contributed by atoms with Gasteiger partial charge >= 0.3 is 5.97 Å². The van der Waals surface area contributed by atoms with Crippen molar-refractivity contribution in [2.24, 2.45) is 5.41 Å². The molecule has 24 heavy (non-hydrogen) atoms. The molecule has 0 radical (unpaired) electrons. The number of esters is 1. The van der Waals surface area contributed by atoms with Gasteiger partial charge in [0, 0.05) is 11.9 Å². The summed E-state index contributed by atoms with van der Waals surface area (Å²) < 4.78 is 11.7. The van der Waals surface area contributed by atoms with Crippen molar-refractivity contribution in [3.63, 3.8) is 0 Å². The molecular weight excluding hydrogens is 353 g/mol. The van der Waals surface area contributed by atoms with E-state index in [1.165, 1.54) is 30.9 Å². The van der Waals surface area contributed by atoms with Crippen LogP contribution in [0.3, 0.4) is 0 Å². The number of fused-ring (bicyclic) bond motifs is 1. The van der Waals surface area contributed by atoms with Gasteiger partial charge < -0.3 is 9.47 Å². The predicted molar refractivity (Wildman–Crippen MR) is 95.6 cm³/mol. The van der Waals surface area contributed by atoms with Gasteiger partial charge in [-0.05, 0) is 17.5 Å². The summed E-state index contributed by atoms with van der Waals surface area (Å²) in [6, 6.07) is 3.01. The Hall–Kier alpha value is -1.72. The number of methoxy groups -OCH3 is 2. The molecule has 0 atom stereocenters. The second-order valence-electron chi connectivity index (χ2n) is 6.64. The zero-order chi connectivity index (χ0) is 18.2. The van der Waals surface area contributed by atoms with Crippen molar-refractivity contribution < 1.29 is 14.3 Å². The molecule has 2 rings (SSSR count). The van der Waals surface area contributed by atoms with Gasteiger partial charge in [-0.1, -0.05) is 44.0 Å². The summed E-state index contributed by atoms with van der Waals surface area (Å²) in [6.45, 7) is 6.20. The van der Waals surface area contributed by atoms with Crippen molar-refractivity contribution in [2.75, 3.05) is 14.2 Å². The highest BCUT2D eigenvalue weighted by atomic mass is 35.5. The van der Waals surface area contributed by atoms with Crippen molar-refractivity contribution in [3.05, 3.63) is 38.2 Å². The largest absolute Gasteiger partial charge is 0.494 e. The zero-order valence-corrected chi connectivity index (χ0v) is 15.7. The molecule has 5 nitrogen and oxygen atoms in total. The number of ether oxygens (including phenoxy) is 2. The van der Waals surface area contributed by atoms with Crippen LogP contribution in [0.1, 0.15) is 31.3 Å². The van der Waals surface area contributed by atoms with Crippen molar-refractivity contribution in [1.29, 1.82) is 0 Å². The van der Waals surface area contributed by atoms with E-state index in [0.717, 1.165) is 0 Å². The van der Waals surface area contributed by atoms with Crippen LogP contribution in [0.5, 0.6) is 5.75 Å². The Morgan fingerprint density at radius 2 is 1.67 bits per heavy atom. The maximum Gasteiger partial charge on any atom is 0.358 e. The minimum Gasteiger partial charge on any atom is -0.494 e. The van der Waals surface area contributed by atoms with Crippen molar-refractivity contribution >= 4 is 39.9 Å². The monoisotopic (exact) mass is 371 g/mol. The highest BCUT2D eigenvalue weighted by molar-refractivity contribution is 6.42. The molecule has 0 aliphatic heterocycles. The van der Waals surface area contributed by atoms with Crippen LogP contribution in [-0.4, -0.2) is 24.8 Å². The molecule has 7 heteroatoms. The minimum absolute atomic E-state index is 0.0609. The molecule has 1 heterocycles. The molecule has 0 amide bonds. The van der Waals surface area contributed by atoms with Crippen molar-refractivity contribution in [3.8, 4) is 5.75 Å². The standard InChI is InChI=1S/C17H19Cl2NO4/c1-17(2,3)8-20-13(16(22)24-5)14(23-4)9-6-11(18)12(19)7-10(9)15(20)21/h6-7H,8H2,1-5H3. The SMILES string of the molecule is COC(=O)c1c(OC)c2cc(Cl)c(Cl)cc2c(=O)n1CC(C)(C)C. The molecule has 0 saturated heterocycles. The fraction of sp³-hybridized carbons (Fsp3) is 0.412. The van der Waals surface area contributed by atoms with Crippen LogP contribution >= 0.6 is 23.2 Å². The molecule has 0 aliphatic rings. The topological polar surface area (TPSA) is 57.5 Å². The van der Waals surface area contributed by atoms with Gasteiger partial charge in [-0.25, -0.2) is 4.79 Å². The average Bonchev–Trinajstić information content (AvgIpc) is 2.50. The van der Waals surface area contributed by atoms with Crippen molar-refractivity contribution in [1.82, 2.24) is 4.57 Å². The van der Waals surface area contributed by atoms with Crippen molar-refractivity contribution in [2.45, 2.75) is 27.3 Å². The quantitative estimate of drug-likeness (QED) is 0.760. The third-order valence-corrected chi connectivity index (χ3v) is 4.20. The van der Waals surface area contributed by atoms with E-state index in [1.54, 1.807) is 0 Å². The maximum atomic E-state index is 13.0. The molecule has 2 aromatic rings. The highest BCUT2D eigenvalue weighted by Gasteiger charge is 2.27. The molecule has 0 bridgehead atoms. The molecule has 130 valence electrons. The van der Waals surface area contributed by atoms with Gasteiger partial charge in [0.1, 0.15) is 0 Å². The van der Waals surface area contributed by atoms with E-state index in [-0.39, 0.29) is 32.5 Å². The first-order valence-corrected chi connectivity index (χ1v) is 8.04. The summed E-state index contributed by atoms with van der Waals surface area (Å²) in [6.07, 6.45) is 0. The number of hydrogen-bond donors (Lipinski definition) is 0. The number of pyridine rings is 1. The van der Waals surface area contributed by atoms with E-state index in [0.29, 0.717) is 17.3 Å². The summed E-state index contributed by atoms with van der Waals surface area (Å²) in [7, 11) is 2.68. The molecule has 0 aliphatic carbocycles. The third-order valence-electron chi connectivity index (χ3n) is 3.48. The molecule has 0 unspecified atom stereocenters. The fourth-order valence-electron chi connectivity index (χ4n) is 2.54. The van der Waals surface area contributed by atoms with Gasteiger partial charge in [0.05, 0.1) is 29.7 Å². The number of aromatic nitrogens is 1. The van der Waals surface area contributed by atoms with E-state index in [1.807, 2.05) is 20.8 Å². The van der Waals surface area contributed by atoms with E-state index < -0.39 is 5.97 Å². The first-order chi connectivity index (χ1) is 11.1. The van der Waals surface area contributed by atoms with Crippen LogP contribution in [-0.2, 0) is 11.3 Å². The smallest absolute Gasteiger partial charge is 0.358 e. The minimum atomic E-state index is -0.652. The van der Waals surface area contributed by atoms with E-state index in [2.05, 4.69) is 0 Å². The Kier molecular flexibility index (Phi) is 5.16. The third kappa shape index (κ3) is 3.37. The second kappa shape index (κ2) is 6.65. The lowest BCUT2D eigenvalue weighted by Gasteiger charge is -2.24. The van der Waals surface area contributed by atoms with Gasteiger partial charge in [-0.3, -0.25) is 9.36 Å². The first-order valence-electron chi connectivity index (χ1n) is 7.28. The summed E-state index contributed by atoms with van der Waals surface area (Å²) in [5, 5.41) is 1.28. The summed E-state index contributed by atoms with van der Waals surface area (Å²) in [4.78, 5) is 25.3. The molecule has 1 aromatic carbocycles. The Balaban J connectivity index is 3.02. The van der Waals surface area contributed by atoms with E-state index in [9.17, 15) is 9.59 Å². The lowest BCUT2D eigenvalue weighted by atomic mass is 9.96. The van der Waals surface area contributed by atoms with Gasteiger partial charge in [-0.15, -0.1) is 0 Å². The molecule has 0 fully saturated rings.